The Bertz CT molecular complexity index is 374. The molecule has 0 atom stereocenters. The van der Waals surface area contributed by atoms with E-state index in [9.17, 15) is 4.79 Å². The van der Waals surface area contributed by atoms with Crippen molar-refractivity contribution in [3.63, 3.8) is 0 Å². The molecule has 0 amide bonds. The number of ketones is 1. The van der Waals surface area contributed by atoms with Crippen LogP contribution >= 0.6 is 11.8 Å². The fourth-order valence-corrected chi connectivity index (χ4v) is 2.66. The molecular formula is C12H14O2S. The maximum Gasteiger partial charge on any atom is 0.164 e. The fraction of sp³-hybridized carbons (Fsp3) is 0.417. The summed E-state index contributed by atoms with van der Waals surface area (Å²) in [6, 6.07) is 5.81. The van der Waals surface area contributed by atoms with Crippen molar-refractivity contribution in [3.05, 3.63) is 23.8 Å². The Morgan fingerprint density at radius 3 is 3.13 bits per heavy atom. The van der Waals surface area contributed by atoms with Crippen LogP contribution in [0.1, 0.15) is 30.1 Å². The molecule has 2 nitrogen and oxygen atoms in total. The number of ether oxygens (including phenoxy) is 1. The second-order valence-corrected chi connectivity index (χ2v) is 4.60. The summed E-state index contributed by atoms with van der Waals surface area (Å²) < 4.78 is 5.40. The van der Waals surface area contributed by atoms with Crippen LogP contribution in [0.5, 0.6) is 5.75 Å². The van der Waals surface area contributed by atoms with E-state index >= 15 is 0 Å². The molecule has 80 valence electrons. The van der Waals surface area contributed by atoms with E-state index < -0.39 is 0 Å². The molecule has 0 saturated carbocycles. The summed E-state index contributed by atoms with van der Waals surface area (Å²) in [6.07, 6.45) is 1.64. The van der Waals surface area contributed by atoms with Gasteiger partial charge in [-0.05, 0) is 37.3 Å². The Labute approximate surface area is 94.0 Å². The molecule has 1 aromatic carbocycles. The van der Waals surface area contributed by atoms with Gasteiger partial charge in [-0.3, -0.25) is 4.79 Å². The van der Waals surface area contributed by atoms with Crippen molar-refractivity contribution >= 4 is 17.5 Å². The number of carbonyl (C=O) groups is 1. The maximum absolute atomic E-state index is 11.8. The number of hydrogen-bond acceptors (Lipinski definition) is 3. The van der Waals surface area contributed by atoms with Gasteiger partial charge in [-0.2, -0.15) is 0 Å². The highest BCUT2D eigenvalue weighted by Gasteiger charge is 2.16. The fourth-order valence-electron chi connectivity index (χ4n) is 1.66. The minimum atomic E-state index is 0.247. The van der Waals surface area contributed by atoms with Crippen molar-refractivity contribution in [2.24, 2.45) is 0 Å². The molecule has 1 heterocycles. The molecule has 0 aromatic heterocycles. The van der Waals surface area contributed by atoms with Crippen LogP contribution in [0.15, 0.2) is 23.1 Å². The van der Waals surface area contributed by atoms with Gasteiger partial charge in [0.05, 0.1) is 6.61 Å². The van der Waals surface area contributed by atoms with E-state index in [-0.39, 0.29) is 5.78 Å². The van der Waals surface area contributed by atoms with Crippen molar-refractivity contribution < 1.29 is 9.53 Å². The van der Waals surface area contributed by atoms with E-state index in [1.54, 1.807) is 11.8 Å². The van der Waals surface area contributed by atoms with Crippen molar-refractivity contribution in [1.29, 1.82) is 0 Å². The van der Waals surface area contributed by atoms with E-state index in [4.69, 9.17) is 4.74 Å². The Morgan fingerprint density at radius 2 is 2.33 bits per heavy atom. The van der Waals surface area contributed by atoms with Crippen LogP contribution in [-0.4, -0.2) is 18.1 Å². The minimum absolute atomic E-state index is 0.247. The van der Waals surface area contributed by atoms with E-state index in [0.717, 1.165) is 28.4 Å². The molecule has 0 unspecified atom stereocenters. The van der Waals surface area contributed by atoms with Crippen molar-refractivity contribution in [2.75, 3.05) is 12.4 Å². The molecule has 0 bridgehead atoms. The Hall–Kier alpha value is -0.960. The molecule has 1 aliphatic heterocycles. The Morgan fingerprint density at radius 1 is 1.47 bits per heavy atom. The lowest BCUT2D eigenvalue weighted by molar-refractivity contribution is 0.0980. The van der Waals surface area contributed by atoms with Crippen LogP contribution in [-0.2, 0) is 0 Å². The van der Waals surface area contributed by atoms with Crippen LogP contribution in [0.4, 0.5) is 0 Å². The number of rotatable bonds is 2. The largest absolute Gasteiger partial charge is 0.494 e. The van der Waals surface area contributed by atoms with Gasteiger partial charge in [0.1, 0.15) is 5.75 Å². The first kappa shape index (κ1) is 10.6. The van der Waals surface area contributed by atoms with Gasteiger partial charge in [-0.25, -0.2) is 0 Å². The predicted molar refractivity (Wildman–Crippen MR) is 61.9 cm³/mol. The zero-order valence-electron chi connectivity index (χ0n) is 8.79. The zero-order valence-corrected chi connectivity index (χ0v) is 9.60. The summed E-state index contributed by atoms with van der Waals surface area (Å²) in [5.74, 6) is 2.08. The molecule has 0 spiro atoms. The van der Waals surface area contributed by atoms with Gasteiger partial charge < -0.3 is 4.74 Å². The van der Waals surface area contributed by atoms with Crippen LogP contribution in [0.3, 0.4) is 0 Å². The van der Waals surface area contributed by atoms with Crippen molar-refractivity contribution in [1.82, 2.24) is 0 Å². The lowest BCUT2D eigenvalue weighted by atomic mass is 10.1. The molecular weight excluding hydrogens is 208 g/mol. The van der Waals surface area contributed by atoms with Gasteiger partial charge in [0.15, 0.2) is 5.78 Å². The van der Waals surface area contributed by atoms with Crippen molar-refractivity contribution in [3.8, 4) is 5.75 Å². The number of Topliss-reactive ketones (excluding diaryl/α,β-unsaturated/α-hetero) is 1. The molecule has 2 rings (SSSR count). The number of hydrogen-bond donors (Lipinski definition) is 0. The van der Waals surface area contributed by atoms with Crippen LogP contribution in [0.25, 0.3) is 0 Å². The number of fused-ring (bicyclic) bond motifs is 1. The Balaban J connectivity index is 2.35. The third kappa shape index (κ3) is 2.34. The van der Waals surface area contributed by atoms with Gasteiger partial charge in [-0.1, -0.05) is 0 Å². The standard InChI is InChI=1S/C12H14O2S/c1-2-14-9-5-6-12-10(8-9)11(13)4-3-7-15-12/h5-6,8H,2-4,7H2,1H3. The van der Waals surface area contributed by atoms with E-state index in [2.05, 4.69) is 0 Å². The Kier molecular flexibility index (Phi) is 3.31. The third-order valence-electron chi connectivity index (χ3n) is 2.37. The highest BCUT2D eigenvalue weighted by molar-refractivity contribution is 7.99. The quantitative estimate of drug-likeness (QED) is 0.769. The molecule has 0 N–H and O–H groups in total. The highest BCUT2D eigenvalue weighted by atomic mass is 32.2. The molecule has 15 heavy (non-hydrogen) atoms. The molecule has 1 aromatic rings. The highest BCUT2D eigenvalue weighted by Crippen LogP contribution is 2.31. The average molecular weight is 222 g/mol. The van der Waals surface area contributed by atoms with Crippen molar-refractivity contribution in [2.45, 2.75) is 24.7 Å². The normalized spacial score (nSPS) is 15.7. The number of benzene rings is 1. The van der Waals surface area contributed by atoms with Gasteiger partial charge in [-0.15, -0.1) is 11.8 Å². The van der Waals surface area contributed by atoms with E-state index in [0.29, 0.717) is 13.0 Å². The summed E-state index contributed by atoms with van der Waals surface area (Å²) in [5.41, 5.74) is 0.837. The van der Waals surface area contributed by atoms with Crippen LogP contribution in [0, 0.1) is 0 Å². The summed E-state index contributed by atoms with van der Waals surface area (Å²) >= 11 is 1.76. The van der Waals surface area contributed by atoms with E-state index in [1.165, 1.54) is 0 Å². The maximum atomic E-state index is 11.8. The molecule has 0 radical (unpaired) electrons. The van der Waals surface area contributed by atoms with Gasteiger partial charge in [0.2, 0.25) is 0 Å². The first-order valence-electron chi connectivity index (χ1n) is 5.24. The summed E-state index contributed by atoms with van der Waals surface area (Å²) in [7, 11) is 0. The first-order chi connectivity index (χ1) is 7.31. The SMILES string of the molecule is CCOc1ccc2c(c1)C(=O)CCCS2. The molecule has 0 saturated heterocycles. The smallest absolute Gasteiger partial charge is 0.164 e. The minimum Gasteiger partial charge on any atom is -0.494 e. The molecule has 0 aliphatic carbocycles. The molecule has 1 aliphatic rings. The number of thioether (sulfide) groups is 1. The zero-order chi connectivity index (χ0) is 10.7. The second kappa shape index (κ2) is 4.71. The second-order valence-electron chi connectivity index (χ2n) is 3.47. The summed E-state index contributed by atoms with van der Waals surface area (Å²) in [6.45, 7) is 2.59. The first-order valence-corrected chi connectivity index (χ1v) is 6.22. The number of carbonyl (C=O) groups excluding carboxylic acids is 1. The third-order valence-corrected chi connectivity index (χ3v) is 3.53. The molecule has 0 fully saturated rings. The van der Waals surface area contributed by atoms with Gasteiger partial charge >= 0.3 is 0 Å². The van der Waals surface area contributed by atoms with E-state index in [1.807, 2.05) is 25.1 Å². The monoisotopic (exact) mass is 222 g/mol. The topological polar surface area (TPSA) is 26.3 Å². The lowest BCUT2D eigenvalue weighted by Gasteiger charge is -2.07. The molecule has 3 heteroatoms. The lowest BCUT2D eigenvalue weighted by Crippen LogP contribution is -2.00. The van der Waals surface area contributed by atoms with Crippen LogP contribution in [0.2, 0.25) is 0 Å². The average Bonchev–Trinajstić information content (AvgIpc) is 2.42. The van der Waals surface area contributed by atoms with Crippen LogP contribution < -0.4 is 4.74 Å². The van der Waals surface area contributed by atoms with Gasteiger partial charge in [0, 0.05) is 16.9 Å². The van der Waals surface area contributed by atoms with Gasteiger partial charge in [0.25, 0.3) is 0 Å². The predicted octanol–water partition coefficient (Wildman–Crippen LogP) is 3.15. The summed E-state index contributed by atoms with van der Waals surface area (Å²) in [5, 5.41) is 0. The summed E-state index contributed by atoms with van der Waals surface area (Å²) in [4.78, 5) is 12.9.